The molecule has 2 fully saturated rings. The van der Waals surface area contributed by atoms with Crippen LogP contribution >= 0.6 is 0 Å². The molecule has 0 bridgehead atoms. The quantitative estimate of drug-likeness (QED) is 0.692. The first-order chi connectivity index (χ1) is 11.7. The zero-order chi connectivity index (χ0) is 18.4. The fourth-order valence-electron chi connectivity index (χ4n) is 2.81. The van der Waals surface area contributed by atoms with Gasteiger partial charge in [0.1, 0.15) is 5.60 Å². The van der Waals surface area contributed by atoms with Gasteiger partial charge >= 0.3 is 12.1 Å². The minimum Gasteiger partial charge on any atom is -0.444 e. The van der Waals surface area contributed by atoms with Gasteiger partial charge < -0.3 is 15.4 Å². The lowest BCUT2D eigenvalue weighted by atomic mass is 10.0. The van der Waals surface area contributed by atoms with Gasteiger partial charge in [-0.15, -0.1) is 0 Å². The van der Waals surface area contributed by atoms with E-state index in [1.807, 2.05) is 25.7 Å². The van der Waals surface area contributed by atoms with E-state index in [0.717, 1.165) is 38.6 Å². The Hall–Kier alpha value is -1.83. The van der Waals surface area contributed by atoms with Gasteiger partial charge in [-0.2, -0.15) is 0 Å². The average Bonchev–Trinajstić information content (AvgIpc) is 3.28. The molecule has 0 radical (unpaired) electrons. The van der Waals surface area contributed by atoms with E-state index in [9.17, 15) is 14.4 Å². The summed E-state index contributed by atoms with van der Waals surface area (Å²) >= 11 is 0. The van der Waals surface area contributed by atoms with Crippen molar-refractivity contribution in [3.05, 3.63) is 0 Å². The number of ether oxygens (including phenoxy) is 1. The summed E-state index contributed by atoms with van der Waals surface area (Å²) in [6.07, 6.45) is 4.47. The summed E-state index contributed by atoms with van der Waals surface area (Å²) in [6, 6.07) is -0.139. The van der Waals surface area contributed by atoms with E-state index >= 15 is 0 Å². The van der Waals surface area contributed by atoms with E-state index in [1.54, 1.807) is 0 Å². The highest BCUT2D eigenvalue weighted by Crippen LogP contribution is 2.18. The lowest BCUT2D eigenvalue weighted by Crippen LogP contribution is -2.52. The van der Waals surface area contributed by atoms with E-state index in [-0.39, 0.29) is 24.5 Å². The van der Waals surface area contributed by atoms with E-state index in [0.29, 0.717) is 6.54 Å². The molecule has 25 heavy (non-hydrogen) atoms. The molecule has 0 aromatic heterocycles. The molecule has 3 N–H and O–H groups in total. The Labute approximate surface area is 149 Å². The smallest absolute Gasteiger partial charge is 0.407 e. The third kappa shape index (κ3) is 7.72. The van der Waals surface area contributed by atoms with E-state index in [4.69, 9.17) is 4.74 Å². The van der Waals surface area contributed by atoms with Crippen molar-refractivity contribution in [1.82, 2.24) is 20.9 Å². The number of nitrogens with zero attached hydrogens (tertiary/aromatic N) is 1. The lowest BCUT2D eigenvalue weighted by molar-refractivity contribution is -0.122. The number of alkyl carbamates (subject to hydrolysis) is 1. The molecule has 142 valence electrons. The standard InChI is InChI=1S/C17H30N4O4/c1-17(2,3)25-16(24)18-10-13-6-4-5-9-21(13)11-14(22)20-15(23)19-12-7-8-12/h12-13H,4-11H2,1-3H3,(H,18,24)(H2,19,20,22,23)/t13-/m0/s1. The maximum absolute atomic E-state index is 12.1. The fourth-order valence-corrected chi connectivity index (χ4v) is 2.81. The van der Waals surface area contributed by atoms with Crippen LogP contribution in [0.3, 0.4) is 0 Å². The fraction of sp³-hybridized carbons (Fsp3) is 0.824. The van der Waals surface area contributed by atoms with E-state index in [1.165, 1.54) is 0 Å². The van der Waals surface area contributed by atoms with Crippen LogP contribution in [0.5, 0.6) is 0 Å². The monoisotopic (exact) mass is 354 g/mol. The summed E-state index contributed by atoms with van der Waals surface area (Å²) in [4.78, 5) is 37.5. The summed E-state index contributed by atoms with van der Waals surface area (Å²) in [7, 11) is 0. The summed E-state index contributed by atoms with van der Waals surface area (Å²) in [5.41, 5.74) is -0.537. The number of piperidine rings is 1. The lowest BCUT2D eigenvalue weighted by Gasteiger charge is -2.35. The van der Waals surface area contributed by atoms with Crippen molar-refractivity contribution >= 4 is 18.0 Å². The molecule has 1 heterocycles. The highest BCUT2D eigenvalue weighted by Gasteiger charge is 2.27. The van der Waals surface area contributed by atoms with Crippen molar-refractivity contribution in [3.8, 4) is 0 Å². The molecule has 4 amide bonds. The van der Waals surface area contributed by atoms with Crippen LogP contribution in [0.4, 0.5) is 9.59 Å². The number of imide groups is 1. The molecule has 0 aromatic carbocycles. The summed E-state index contributed by atoms with van der Waals surface area (Å²) in [5.74, 6) is -0.317. The predicted octanol–water partition coefficient (Wildman–Crippen LogP) is 1.35. The maximum Gasteiger partial charge on any atom is 0.407 e. The van der Waals surface area contributed by atoms with Gasteiger partial charge in [0.2, 0.25) is 5.91 Å². The first-order valence-corrected chi connectivity index (χ1v) is 9.04. The van der Waals surface area contributed by atoms with Crippen LogP contribution in [0.2, 0.25) is 0 Å². The van der Waals surface area contributed by atoms with Gasteiger partial charge in [0.05, 0.1) is 6.54 Å². The third-order valence-corrected chi connectivity index (χ3v) is 4.14. The van der Waals surface area contributed by atoms with Crippen molar-refractivity contribution in [2.75, 3.05) is 19.6 Å². The number of carbonyl (C=O) groups excluding carboxylic acids is 3. The number of likely N-dealkylation sites (tertiary alicyclic amines) is 1. The Morgan fingerprint density at radius 1 is 1.12 bits per heavy atom. The van der Waals surface area contributed by atoms with Gasteiger partial charge in [0, 0.05) is 18.6 Å². The number of urea groups is 1. The molecule has 1 saturated heterocycles. The van der Waals surface area contributed by atoms with Crippen molar-refractivity contribution < 1.29 is 19.1 Å². The molecular formula is C17H30N4O4. The Morgan fingerprint density at radius 3 is 2.48 bits per heavy atom. The number of amides is 4. The summed E-state index contributed by atoms with van der Waals surface area (Å²) in [5, 5.41) is 7.88. The minimum atomic E-state index is -0.537. The van der Waals surface area contributed by atoms with Gasteiger partial charge in [0.15, 0.2) is 0 Å². The Bertz CT molecular complexity index is 499. The molecule has 2 rings (SSSR count). The first kappa shape index (κ1) is 19.5. The largest absolute Gasteiger partial charge is 0.444 e. The number of rotatable bonds is 5. The number of carbonyl (C=O) groups is 3. The van der Waals surface area contributed by atoms with E-state index in [2.05, 4.69) is 16.0 Å². The minimum absolute atomic E-state index is 0.0681. The molecule has 0 aromatic rings. The molecular weight excluding hydrogens is 324 g/mol. The second-order valence-corrected chi connectivity index (χ2v) is 7.80. The molecule has 0 unspecified atom stereocenters. The van der Waals surface area contributed by atoms with Gasteiger partial charge in [-0.05, 0) is 53.0 Å². The highest BCUT2D eigenvalue weighted by atomic mass is 16.6. The third-order valence-electron chi connectivity index (χ3n) is 4.14. The molecule has 1 aliphatic carbocycles. The van der Waals surface area contributed by atoms with Crippen molar-refractivity contribution in [1.29, 1.82) is 0 Å². The molecule has 1 atom stereocenters. The van der Waals surface area contributed by atoms with Crippen LogP contribution in [0.1, 0.15) is 52.9 Å². The molecule has 2 aliphatic rings. The van der Waals surface area contributed by atoms with Gasteiger partial charge in [-0.1, -0.05) is 6.42 Å². The highest BCUT2D eigenvalue weighted by molar-refractivity contribution is 5.95. The van der Waals surface area contributed by atoms with Crippen molar-refractivity contribution in [2.24, 2.45) is 0 Å². The van der Waals surface area contributed by atoms with Crippen molar-refractivity contribution in [3.63, 3.8) is 0 Å². The molecule has 1 aliphatic heterocycles. The SMILES string of the molecule is CC(C)(C)OC(=O)NC[C@@H]1CCCCN1CC(=O)NC(=O)NC1CC1. The van der Waals surface area contributed by atoms with Crippen LogP contribution in [0.25, 0.3) is 0 Å². The van der Waals surface area contributed by atoms with Gasteiger partial charge in [-0.25, -0.2) is 9.59 Å². The number of hydrogen-bond donors (Lipinski definition) is 3. The van der Waals surface area contributed by atoms with Crippen molar-refractivity contribution in [2.45, 2.75) is 70.6 Å². The Morgan fingerprint density at radius 2 is 1.84 bits per heavy atom. The zero-order valence-corrected chi connectivity index (χ0v) is 15.4. The Balaban J connectivity index is 1.75. The summed E-state index contributed by atoms with van der Waals surface area (Å²) < 4.78 is 5.24. The number of hydrogen-bond acceptors (Lipinski definition) is 5. The molecule has 0 spiro atoms. The molecule has 8 nitrogen and oxygen atoms in total. The zero-order valence-electron chi connectivity index (χ0n) is 15.4. The molecule has 1 saturated carbocycles. The molecule has 8 heteroatoms. The van der Waals surface area contributed by atoms with Crippen LogP contribution in [0.15, 0.2) is 0 Å². The summed E-state index contributed by atoms with van der Waals surface area (Å²) in [6.45, 7) is 6.80. The normalized spacial score (nSPS) is 21.3. The van der Waals surface area contributed by atoms with E-state index < -0.39 is 17.7 Å². The van der Waals surface area contributed by atoms with Gasteiger partial charge in [0.25, 0.3) is 0 Å². The van der Waals surface area contributed by atoms with Crippen LogP contribution < -0.4 is 16.0 Å². The van der Waals surface area contributed by atoms with Crippen LogP contribution in [0, 0.1) is 0 Å². The number of nitrogens with one attached hydrogen (secondary N) is 3. The second kappa shape index (κ2) is 8.51. The first-order valence-electron chi connectivity index (χ1n) is 9.04. The average molecular weight is 354 g/mol. The van der Waals surface area contributed by atoms with Crippen LogP contribution in [-0.2, 0) is 9.53 Å². The second-order valence-electron chi connectivity index (χ2n) is 7.80. The van der Waals surface area contributed by atoms with Gasteiger partial charge in [-0.3, -0.25) is 15.0 Å². The Kier molecular flexibility index (Phi) is 6.64. The van der Waals surface area contributed by atoms with Crippen LogP contribution in [-0.4, -0.2) is 60.3 Å². The maximum atomic E-state index is 12.1. The predicted molar refractivity (Wildman–Crippen MR) is 93.1 cm³/mol. The topological polar surface area (TPSA) is 99.8 Å².